The van der Waals surface area contributed by atoms with Gasteiger partial charge >= 0.3 is 17.9 Å². The first-order valence-corrected chi connectivity index (χ1v) is 9.23. The van der Waals surface area contributed by atoms with E-state index in [9.17, 15) is 24.6 Å². The first kappa shape index (κ1) is 19.1. The Morgan fingerprint density at radius 1 is 1.00 bits per heavy atom. The van der Waals surface area contributed by atoms with Gasteiger partial charge in [0.1, 0.15) is 5.25 Å². The van der Waals surface area contributed by atoms with Crippen LogP contribution in [0.3, 0.4) is 0 Å². The molecule has 1 atom stereocenters. The highest BCUT2D eigenvalue weighted by molar-refractivity contribution is 8.01. The van der Waals surface area contributed by atoms with Crippen molar-refractivity contribution in [1.82, 2.24) is 0 Å². The molecule has 1 aromatic carbocycles. The molecule has 0 radical (unpaired) electrons. The van der Waals surface area contributed by atoms with Gasteiger partial charge in [-0.15, -0.1) is 23.1 Å². The molecule has 0 amide bonds. The van der Waals surface area contributed by atoms with Gasteiger partial charge in [-0.2, -0.15) is 0 Å². The first-order valence-electron chi connectivity index (χ1n) is 7.47. The van der Waals surface area contributed by atoms with Crippen molar-refractivity contribution in [3.63, 3.8) is 0 Å². The van der Waals surface area contributed by atoms with Crippen LogP contribution < -0.4 is 0 Å². The molecule has 1 unspecified atom stereocenters. The number of fused-ring (bicyclic) bond motifs is 3. The third kappa shape index (κ3) is 2.90. The Hall–Kier alpha value is -2.72. The summed E-state index contributed by atoms with van der Waals surface area (Å²) >= 11 is 1.87. The summed E-state index contributed by atoms with van der Waals surface area (Å²) < 4.78 is 14.5. The van der Waals surface area contributed by atoms with Crippen LogP contribution in [-0.4, -0.2) is 54.7 Å². The average molecular weight is 410 g/mol. The minimum atomic E-state index is -1.10. The smallest absolute Gasteiger partial charge is 0.339 e. The van der Waals surface area contributed by atoms with Gasteiger partial charge in [-0.05, 0) is 6.08 Å². The maximum absolute atomic E-state index is 12.2. The third-order valence-electron chi connectivity index (χ3n) is 4.02. The summed E-state index contributed by atoms with van der Waals surface area (Å²) in [5, 5.41) is 21.5. The zero-order valence-electron chi connectivity index (χ0n) is 14.4. The molecule has 0 saturated heterocycles. The quantitative estimate of drug-likeness (QED) is 0.446. The van der Waals surface area contributed by atoms with Crippen LogP contribution in [0.1, 0.15) is 15.9 Å². The number of phenols is 2. The van der Waals surface area contributed by atoms with Gasteiger partial charge in [0.25, 0.3) is 0 Å². The number of hydrogen-bond donors (Lipinski definition) is 2. The van der Waals surface area contributed by atoms with E-state index in [2.05, 4.69) is 0 Å². The van der Waals surface area contributed by atoms with Crippen LogP contribution in [0, 0.1) is 0 Å². The summed E-state index contributed by atoms with van der Waals surface area (Å²) in [4.78, 5) is 36.6. The van der Waals surface area contributed by atoms with Crippen molar-refractivity contribution >= 4 is 57.2 Å². The van der Waals surface area contributed by atoms with Crippen molar-refractivity contribution in [3.8, 4) is 11.5 Å². The van der Waals surface area contributed by atoms with Crippen LogP contribution >= 0.6 is 23.1 Å². The second kappa shape index (κ2) is 7.12. The number of thioether (sulfide) groups is 1. The number of carbonyl (C=O) groups is 3. The molecule has 1 aliphatic rings. The van der Waals surface area contributed by atoms with Gasteiger partial charge in [0.2, 0.25) is 0 Å². The SMILES string of the molecule is COC(=O)C1=Cc2c(c(O)c(O)c3scc(C(=O)OC)c23)SC1C(=O)OC. The molecule has 0 fully saturated rings. The van der Waals surface area contributed by atoms with Gasteiger partial charge in [-0.1, -0.05) is 0 Å². The Morgan fingerprint density at radius 2 is 1.67 bits per heavy atom. The van der Waals surface area contributed by atoms with Gasteiger partial charge in [-0.3, -0.25) is 4.79 Å². The average Bonchev–Trinajstić information content (AvgIpc) is 3.14. The number of ether oxygens (including phenoxy) is 3. The van der Waals surface area contributed by atoms with Gasteiger partial charge in [0, 0.05) is 16.3 Å². The summed E-state index contributed by atoms with van der Waals surface area (Å²) in [5.74, 6) is -2.98. The lowest BCUT2D eigenvalue weighted by atomic mass is 10.00. The van der Waals surface area contributed by atoms with Crippen molar-refractivity contribution in [2.24, 2.45) is 0 Å². The van der Waals surface area contributed by atoms with E-state index in [1.807, 2.05) is 0 Å². The van der Waals surface area contributed by atoms with Gasteiger partial charge in [-0.25, -0.2) is 9.59 Å². The third-order valence-corrected chi connectivity index (χ3v) is 6.34. The molecule has 10 heteroatoms. The van der Waals surface area contributed by atoms with Crippen molar-refractivity contribution < 1.29 is 38.8 Å². The highest BCUT2D eigenvalue weighted by Crippen LogP contribution is 2.53. The summed E-state index contributed by atoms with van der Waals surface area (Å²) in [5.41, 5.74) is 0.476. The molecule has 0 saturated carbocycles. The lowest BCUT2D eigenvalue weighted by molar-refractivity contribution is -0.142. The molecule has 2 N–H and O–H groups in total. The maximum atomic E-state index is 12.2. The minimum absolute atomic E-state index is 0.00439. The van der Waals surface area contributed by atoms with Crippen LogP contribution in [0.5, 0.6) is 11.5 Å². The van der Waals surface area contributed by atoms with E-state index in [0.29, 0.717) is 10.9 Å². The van der Waals surface area contributed by atoms with E-state index in [1.54, 1.807) is 0 Å². The topological polar surface area (TPSA) is 119 Å². The molecule has 1 aromatic heterocycles. The summed E-state index contributed by atoms with van der Waals surface area (Å²) in [6, 6.07) is 0. The van der Waals surface area contributed by atoms with Crippen LogP contribution in [0.15, 0.2) is 15.8 Å². The van der Waals surface area contributed by atoms with Crippen LogP contribution in [-0.2, 0) is 23.8 Å². The molecule has 0 bridgehead atoms. The van der Waals surface area contributed by atoms with Gasteiger partial charge in [0.15, 0.2) is 11.5 Å². The van der Waals surface area contributed by atoms with Gasteiger partial charge < -0.3 is 24.4 Å². The summed E-state index contributed by atoms with van der Waals surface area (Å²) in [6.45, 7) is 0. The second-order valence-electron chi connectivity index (χ2n) is 5.40. The van der Waals surface area contributed by atoms with Crippen LogP contribution in [0.25, 0.3) is 16.2 Å². The fraction of sp³-hybridized carbons (Fsp3) is 0.235. The Bertz CT molecular complexity index is 1000. The number of methoxy groups -OCH3 is 3. The van der Waals surface area contributed by atoms with Crippen LogP contribution in [0.2, 0.25) is 0 Å². The Labute approximate surface area is 161 Å². The largest absolute Gasteiger partial charge is 0.503 e. The lowest BCUT2D eigenvalue weighted by Gasteiger charge is -2.24. The minimum Gasteiger partial charge on any atom is -0.503 e. The monoisotopic (exact) mass is 410 g/mol. The highest BCUT2D eigenvalue weighted by Gasteiger charge is 2.38. The molecule has 1 aliphatic heterocycles. The fourth-order valence-corrected chi connectivity index (χ4v) is 4.96. The number of benzene rings is 1. The number of rotatable bonds is 3. The van der Waals surface area contributed by atoms with Crippen molar-refractivity contribution in [3.05, 3.63) is 22.1 Å². The number of aromatic hydroxyl groups is 2. The molecular weight excluding hydrogens is 396 g/mol. The highest BCUT2D eigenvalue weighted by atomic mass is 32.2. The van der Waals surface area contributed by atoms with E-state index >= 15 is 0 Å². The van der Waals surface area contributed by atoms with E-state index < -0.39 is 34.7 Å². The molecule has 2 heterocycles. The normalized spacial score (nSPS) is 15.7. The molecule has 8 nitrogen and oxygen atoms in total. The van der Waals surface area contributed by atoms with E-state index in [1.165, 1.54) is 32.8 Å². The molecule has 27 heavy (non-hydrogen) atoms. The lowest BCUT2D eigenvalue weighted by Crippen LogP contribution is -2.28. The Balaban J connectivity index is 2.38. The first-order chi connectivity index (χ1) is 12.8. The Kier molecular flexibility index (Phi) is 5.03. The molecule has 2 aromatic rings. The zero-order valence-corrected chi connectivity index (χ0v) is 16.0. The molecule has 3 rings (SSSR count). The predicted octanol–water partition coefficient (Wildman–Crippen LogP) is 2.30. The summed E-state index contributed by atoms with van der Waals surface area (Å²) in [7, 11) is 3.56. The van der Waals surface area contributed by atoms with E-state index in [-0.39, 0.29) is 20.7 Å². The van der Waals surface area contributed by atoms with E-state index in [4.69, 9.17) is 14.2 Å². The molecular formula is C17H14O8S2. The molecule has 0 spiro atoms. The van der Waals surface area contributed by atoms with Crippen molar-refractivity contribution in [2.75, 3.05) is 21.3 Å². The van der Waals surface area contributed by atoms with Crippen LogP contribution in [0.4, 0.5) is 0 Å². The zero-order chi connectivity index (χ0) is 19.9. The van der Waals surface area contributed by atoms with Crippen molar-refractivity contribution in [2.45, 2.75) is 10.1 Å². The van der Waals surface area contributed by atoms with Gasteiger partial charge in [0.05, 0.1) is 42.1 Å². The number of hydrogen-bond acceptors (Lipinski definition) is 10. The number of phenolic OH excluding ortho intramolecular Hbond substituents is 2. The van der Waals surface area contributed by atoms with Crippen molar-refractivity contribution in [1.29, 1.82) is 0 Å². The predicted molar refractivity (Wildman–Crippen MR) is 98.1 cm³/mol. The second-order valence-corrected chi connectivity index (χ2v) is 7.39. The molecule has 142 valence electrons. The fourth-order valence-electron chi connectivity index (χ4n) is 2.75. The Morgan fingerprint density at radius 3 is 2.26 bits per heavy atom. The maximum Gasteiger partial charge on any atom is 0.339 e. The molecule has 0 aliphatic carbocycles. The number of esters is 3. The number of thiophene rings is 1. The number of carbonyl (C=O) groups excluding carboxylic acids is 3. The summed E-state index contributed by atoms with van der Waals surface area (Å²) in [6.07, 6.45) is 1.36. The van der Waals surface area contributed by atoms with E-state index in [0.717, 1.165) is 23.1 Å². The standard InChI is InChI=1S/C17H14O8S2/c1-23-15(20)7-4-6-9-8(16(21)24-2)5-26-14(9)11(19)10(18)12(6)27-13(7)17(22)25-3/h4-5,13,18-19H,1-3H3.